The third-order valence-corrected chi connectivity index (χ3v) is 3.04. The van der Waals surface area contributed by atoms with Crippen molar-refractivity contribution in [3.05, 3.63) is 0 Å². The van der Waals surface area contributed by atoms with Crippen LogP contribution in [0, 0.1) is 5.92 Å². The maximum Gasteiger partial charge on any atom is 0.317 e. The maximum absolute atomic E-state index is 10.7. The van der Waals surface area contributed by atoms with Crippen LogP contribution in [-0.4, -0.2) is 46.2 Å². The van der Waals surface area contributed by atoms with Gasteiger partial charge in [-0.05, 0) is 18.8 Å². The van der Waals surface area contributed by atoms with E-state index in [-0.39, 0.29) is 19.1 Å². The van der Waals surface area contributed by atoms with Gasteiger partial charge in [0.1, 0.15) is 0 Å². The summed E-state index contributed by atoms with van der Waals surface area (Å²) in [6, 6.07) is 0.0251. The van der Waals surface area contributed by atoms with E-state index in [0.717, 1.165) is 19.3 Å². The zero-order valence-electron chi connectivity index (χ0n) is 10.8. The summed E-state index contributed by atoms with van der Waals surface area (Å²) < 4.78 is 0. The molecule has 0 radical (unpaired) electrons. The SMILES string of the molecule is CCC(C)CC(CC)N(CC(=O)O)CC(=O)O. The Balaban J connectivity index is 4.58. The van der Waals surface area contributed by atoms with Crippen molar-refractivity contribution in [3.8, 4) is 0 Å². The Kier molecular flexibility index (Phi) is 7.54. The summed E-state index contributed by atoms with van der Waals surface area (Å²) in [7, 11) is 0. The fourth-order valence-electron chi connectivity index (χ4n) is 1.87. The fraction of sp³-hybridized carbons (Fsp3) is 0.833. The summed E-state index contributed by atoms with van der Waals surface area (Å²) >= 11 is 0. The Bertz CT molecular complexity index is 239. The zero-order chi connectivity index (χ0) is 13.4. The summed E-state index contributed by atoms with van der Waals surface area (Å²) in [5.74, 6) is -1.48. The first kappa shape index (κ1) is 15.9. The molecule has 5 nitrogen and oxygen atoms in total. The first-order chi connectivity index (χ1) is 7.90. The molecule has 5 heteroatoms. The van der Waals surface area contributed by atoms with Crippen molar-refractivity contribution < 1.29 is 19.8 Å². The first-order valence-electron chi connectivity index (χ1n) is 6.08. The van der Waals surface area contributed by atoms with Crippen LogP contribution >= 0.6 is 0 Å². The second-order valence-electron chi connectivity index (χ2n) is 4.50. The van der Waals surface area contributed by atoms with Crippen LogP contribution in [0.1, 0.15) is 40.0 Å². The molecule has 0 saturated carbocycles. The quantitative estimate of drug-likeness (QED) is 0.646. The van der Waals surface area contributed by atoms with Gasteiger partial charge in [0.05, 0.1) is 13.1 Å². The number of aliphatic carboxylic acids is 2. The molecule has 17 heavy (non-hydrogen) atoms. The molecule has 0 aliphatic carbocycles. The maximum atomic E-state index is 10.7. The van der Waals surface area contributed by atoms with Crippen LogP contribution < -0.4 is 0 Å². The van der Waals surface area contributed by atoms with Gasteiger partial charge in [0.25, 0.3) is 0 Å². The number of carboxylic acid groups (broad SMARTS) is 2. The zero-order valence-corrected chi connectivity index (χ0v) is 10.8. The average molecular weight is 245 g/mol. The number of nitrogens with zero attached hydrogens (tertiary/aromatic N) is 1. The lowest BCUT2D eigenvalue weighted by Crippen LogP contribution is -2.42. The Hall–Kier alpha value is -1.10. The molecule has 0 spiro atoms. The minimum absolute atomic E-state index is 0.0251. The van der Waals surface area contributed by atoms with Crippen LogP contribution in [0.3, 0.4) is 0 Å². The minimum Gasteiger partial charge on any atom is -0.480 e. The molecule has 0 aromatic heterocycles. The first-order valence-corrected chi connectivity index (χ1v) is 6.08. The molecule has 0 bridgehead atoms. The highest BCUT2D eigenvalue weighted by molar-refractivity contribution is 5.72. The van der Waals surface area contributed by atoms with Gasteiger partial charge in [-0.1, -0.05) is 27.2 Å². The van der Waals surface area contributed by atoms with Gasteiger partial charge < -0.3 is 10.2 Å². The molecule has 0 saturated heterocycles. The van der Waals surface area contributed by atoms with E-state index in [1.54, 1.807) is 0 Å². The van der Waals surface area contributed by atoms with Gasteiger partial charge in [0, 0.05) is 6.04 Å². The highest BCUT2D eigenvalue weighted by atomic mass is 16.4. The predicted molar refractivity (Wildman–Crippen MR) is 65.0 cm³/mol. The lowest BCUT2D eigenvalue weighted by atomic mass is 9.96. The third kappa shape index (κ3) is 6.94. The molecule has 0 aromatic rings. The molecule has 2 N–H and O–H groups in total. The van der Waals surface area contributed by atoms with Crippen molar-refractivity contribution in [1.29, 1.82) is 0 Å². The molecule has 2 atom stereocenters. The number of carboxylic acids is 2. The van der Waals surface area contributed by atoms with Crippen molar-refractivity contribution in [1.82, 2.24) is 4.90 Å². The monoisotopic (exact) mass is 245 g/mol. The summed E-state index contributed by atoms with van der Waals surface area (Å²) in [6.45, 7) is 5.73. The van der Waals surface area contributed by atoms with Crippen LogP contribution in [0.5, 0.6) is 0 Å². The lowest BCUT2D eigenvalue weighted by molar-refractivity contribution is -0.143. The Morgan fingerprint density at radius 1 is 1.06 bits per heavy atom. The largest absolute Gasteiger partial charge is 0.480 e. The van der Waals surface area contributed by atoms with E-state index < -0.39 is 11.9 Å². The molecule has 0 rings (SSSR count). The number of carbonyl (C=O) groups is 2. The third-order valence-electron chi connectivity index (χ3n) is 3.04. The second-order valence-corrected chi connectivity index (χ2v) is 4.50. The van der Waals surface area contributed by atoms with E-state index in [2.05, 4.69) is 13.8 Å². The molecule has 2 unspecified atom stereocenters. The molecule has 0 amide bonds. The van der Waals surface area contributed by atoms with Gasteiger partial charge in [-0.15, -0.1) is 0 Å². The van der Waals surface area contributed by atoms with Gasteiger partial charge in [-0.25, -0.2) is 0 Å². The van der Waals surface area contributed by atoms with E-state index in [1.807, 2.05) is 6.92 Å². The Morgan fingerprint density at radius 2 is 1.53 bits per heavy atom. The molecule has 0 aliphatic heterocycles. The van der Waals surface area contributed by atoms with Crippen LogP contribution in [0.4, 0.5) is 0 Å². The van der Waals surface area contributed by atoms with Gasteiger partial charge in [-0.2, -0.15) is 0 Å². The van der Waals surface area contributed by atoms with Gasteiger partial charge in [0.15, 0.2) is 0 Å². The summed E-state index contributed by atoms with van der Waals surface area (Å²) in [5.41, 5.74) is 0. The van der Waals surface area contributed by atoms with E-state index in [1.165, 1.54) is 4.90 Å². The smallest absolute Gasteiger partial charge is 0.317 e. The lowest BCUT2D eigenvalue weighted by Gasteiger charge is -2.30. The average Bonchev–Trinajstić information content (AvgIpc) is 2.23. The van der Waals surface area contributed by atoms with Crippen LogP contribution in [0.25, 0.3) is 0 Å². The minimum atomic E-state index is -0.978. The van der Waals surface area contributed by atoms with E-state index in [0.29, 0.717) is 5.92 Å². The molecule has 0 fully saturated rings. The molecular weight excluding hydrogens is 222 g/mol. The molecule has 0 aromatic carbocycles. The standard InChI is InChI=1S/C12H23NO4/c1-4-9(3)6-10(5-2)13(7-11(14)15)8-12(16)17/h9-10H,4-8H2,1-3H3,(H,14,15)(H,16,17). The topological polar surface area (TPSA) is 77.8 Å². The number of hydrogen-bond acceptors (Lipinski definition) is 3. The molecule has 0 aliphatic rings. The van der Waals surface area contributed by atoms with Crippen LogP contribution in [-0.2, 0) is 9.59 Å². The molecule has 0 heterocycles. The second kappa shape index (κ2) is 8.06. The summed E-state index contributed by atoms with van der Waals surface area (Å²) in [5, 5.41) is 17.6. The van der Waals surface area contributed by atoms with Crippen molar-refractivity contribution in [2.75, 3.05) is 13.1 Å². The van der Waals surface area contributed by atoms with E-state index >= 15 is 0 Å². The van der Waals surface area contributed by atoms with Crippen molar-refractivity contribution in [3.63, 3.8) is 0 Å². The Morgan fingerprint density at radius 3 is 1.82 bits per heavy atom. The molecular formula is C12H23NO4. The highest BCUT2D eigenvalue weighted by Crippen LogP contribution is 2.17. The van der Waals surface area contributed by atoms with Gasteiger partial charge in [-0.3, -0.25) is 14.5 Å². The van der Waals surface area contributed by atoms with Crippen LogP contribution in [0.2, 0.25) is 0 Å². The summed E-state index contributed by atoms with van der Waals surface area (Å²) in [6.07, 6.45) is 2.63. The van der Waals surface area contributed by atoms with Gasteiger partial charge >= 0.3 is 11.9 Å². The van der Waals surface area contributed by atoms with Crippen molar-refractivity contribution in [2.45, 2.75) is 46.1 Å². The Labute approximate surface area is 102 Å². The fourth-order valence-corrected chi connectivity index (χ4v) is 1.87. The normalized spacial score (nSPS) is 14.6. The van der Waals surface area contributed by atoms with Gasteiger partial charge in [0.2, 0.25) is 0 Å². The van der Waals surface area contributed by atoms with Crippen LogP contribution in [0.15, 0.2) is 0 Å². The highest BCUT2D eigenvalue weighted by Gasteiger charge is 2.23. The van der Waals surface area contributed by atoms with Crippen molar-refractivity contribution >= 4 is 11.9 Å². The predicted octanol–water partition coefficient (Wildman–Crippen LogP) is 1.67. The van der Waals surface area contributed by atoms with E-state index in [4.69, 9.17) is 10.2 Å². The number of hydrogen-bond donors (Lipinski definition) is 2. The van der Waals surface area contributed by atoms with Crippen molar-refractivity contribution in [2.24, 2.45) is 5.92 Å². The van der Waals surface area contributed by atoms with E-state index in [9.17, 15) is 9.59 Å². The molecule has 100 valence electrons. The summed E-state index contributed by atoms with van der Waals surface area (Å²) in [4.78, 5) is 23.0. The number of rotatable bonds is 9.